The normalized spacial score (nSPS) is 10.5. The molecule has 0 radical (unpaired) electrons. The molecule has 1 heterocycles. The summed E-state index contributed by atoms with van der Waals surface area (Å²) in [6, 6.07) is 0. The van der Waals surface area contributed by atoms with Crippen molar-refractivity contribution in [3.63, 3.8) is 0 Å². The molecule has 1 N–H and O–H groups in total. The van der Waals surface area contributed by atoms with Crippen molar-refractivity contribution in [3.05, 3.63) is 18.2 Å². The molecule has 0 aliphatic carbocycles. The Bertz CT molecular complexity index is 220. The van der Waals surface area contributed by atoms with Gasteiger partial charge in [0.05, 0.1) is 6.61 Å². The van der Waals surface area contributed by atoms with Crippen LogP contribution in [0.5, 0.6) is 0 Å². The van der Waals surface area contributed by atoms with Crippen molar-refractivity contribution < 1.29 is 9.30 Å². The van der Waals surface area contributed by atoms with Gasteiger partial charge in [0.1, 0.15) is 18.9 Å². The smallest absolute Gasteiger partial charge is 0.253 e. The molecular formula is C9H17N2O+. The van der Waals surface area contributed by atoms with Gasteiger partial charge >= 0.3 is 0 Å². The minimum atomic E-state index is 0.798. The molecule has 0 saturated carbocycles. The zero-order valence-corrected chi connectivity index (χ0v) is 7.84. The van der Waals surface area contributed by atoms with Crippen molar-refractivity contribution in [1.29, 1.82) is 0 Å². The number of aromatic amines is 1. The minimum Gasteiger partial charge on any atom is -0.378 e. The van der Waals surface area contributed by atoms with E-state index in [1.807, 2.05) is 13.1 Å². The largest absolute Gasteiger partial charge is 0.378 e. The first-order valence-electron chi connectivity index (χ1n) is 4.52. The molecular weight excluding hydrogens is 152 g/mol. The Hall–Kier alpha value is -0.830. The highest BCUT2D eigenvalue weighted by atomic mass is 16.5. The van der Waals surface area contributed by atoms with Crippen LogP contribution in [0.1, 0.15) is 19.7 Å². The van der Waals surface area contributed by atoms with Crippen LogP contribution in [0.3, 0.4) is 0 Å². The molecule has 0 saturated heterocycles. The molecule has 0 aromatic carbocycles. The molecule has 3 nitrogen and oxygen atoms in total. The summed E-state index contributed by atoms with van der Waals surface area (Å²) in [4.78, 5) is 3.19. The zero-order chi connectivity index (χ0) is 8.81. The number of aromatic nitrogens is 2. The number of nitrogens with one attached hydrogen (secondary N) is 1. The maximum absolute atomic E-state index is 5.27. The van der Waals surface area contributed by atoms with Crippen molar-refractivity contribution in [2.75, 3.05) is 13.2 Å². The average Bonchev–Trinajstić information content (AvgIpc) is 2.52. The quantitative estimate of drug-likeness (QED) is 0.515. The highest BCUT2D eigenvalue weighted by Crippen LogP contribution is 1.87. The number of rotatable bonds is 5. The fraction of sp³-hybridized carbons (Fsp3) is 0.667. The summed E-state index contributed by atoms with van der Waals surface area (Å²) in [5, 5.41) is 0. The number of imidazole rings is 1. The average molecular weight is 169 g/mol. The van der Waals surface area contributed by atoms with Crippen molar-refractivity contribution in [2.24, 2.45) is 0 Å². The lowest BCUT2D eigenvalue weighted by molar-refractivity contribution is -0.704. The first-order chi connectivity index (χ1) is 5.88. The van der Waals surface area contributed by atoms with Gasteiger partial charge in [-0.25, -0.2) is 9.55 Å². The lowest BCUT2D eigenvalue weighted by Crippen LogP contribution is -2.37. The van der Waals surface area contributed by atoms with Gasteiger partial charge in [0.25, 0.3) is 5.82 Å². The van der Waals surface area contributed by atoms with Crippen LogP contribution in [0.2, 0.25) is 0 Å². The highest BCUT2D eigenvalue weighted by molar-refractivity contribution is 4.74. The van der Waals surface area contributed by atoms with Gasteiger partial charge in [0, 0.05) is 13.0 Å². The molecule has 1 rings (SSSR count). The second-order valence-corrected chi connectivity index (χ2v) is 2.65. The molecule has 1 aromatic heterocycles. The van der Waals surface area contributed by atoms with Crippen LogP contribution < -0.4 is 4.57 Å². The maximum Gasteiger partial charge on any atom is 0.253 e. The minimum absolute atomic E-state index is 0.798. The highest BCUT2D eigenvalue weighted by Gasteiger charge is 2.06. The summed E-state index contributed by atoms with van der Waals surface area (Å²) in [6.45, 7) is 6.70. The number of nitrogens with zero attached hydrogens (tertiary/aromatic N) is 1. The van der Waals surface area contributed by atoms with Gasteiger partial charge in [-0.05, 0) is 6.92 Å². The van der Waals surface area contributed by atoms with E-state index in [4.69, 9.17) is 4.74 Å². The Balaban J connectivity index is 2.39. The molecule has 0 atom stereocenters. The summed E-state index contributed by atoms with van der Waals surface area (Å²) >= 11 is 0. The van der Waals surface area contributed by atoms with Gasteiger partial charge in [0.15, 0.2) is 0 Å². The van der Waals surface area contributed by atoms with Crippen LogP contribution >= 0.6 is 0 Å². The van der Waals surface area contributed by atoms with Crippen LogP contribution in [0.15, 0.2) is 12.4 Å². The third-order valence-electron chi connectivity index (χ3n) is 1.87. The topological polar surface area (TPSA) is 28.9 Å². The van der Waals surface area contributed by atoms with E-state index in [0.717, 1.165) is 26.2 Å². The number of aryl methyl sites for hydroxylation is 1. The standard InChI is InChI=1S/C9H16N2O/c1-3-9-10-5-6-11(9)7-8-12-4-2/h5-6H,3-4,7-8H2,1-2H3/p+1. The number of ether oxygens (including phenoxy) is 1. The molecule has 12 heavy (non-hydrogen) atoms. The molecule has 68 valence electrons. The van der Waals surface area contributed by atoms with E-state index < -0.39 is 0 Å². The van der Waals surface area contributed by atoms with E-state index in [1.165, 1.54) is 5.82 Å². The molecule has 0 spiro atoms. The molecule has 0 bridgehead atoms. The molecule has 0 aliphatic rings. The van der Waals surface area contributed by atoms with E-state index in [9.17, 15) is 0 Å². The summed E-state index contributed by atoms with van der Waals surface area (Å²) in [5.41, 5.74) is 0. The Labute approximate surface area is 73.4 Å². The number of hydrogen-bond acceptors (Lipinski definition) is 1. The second-order valence-electron chi connectivity index (χ2n) is 2.65. The first-order valence-corrected chi connectivity index (χ1v) is 4.52. The van der Waals surface area contributed by atoms with Gasteiger partial charge in [0.2, 0.25) is 0 Å². The van der Waals surface area contributed by atoms with Gasteiger partial charge in [-0.1, -0.05) is 6.92 Å². The van der Waals surface area contributed by atoms with Gasteiger partial charge in [-0.2, -0.15) is 0 Å². The van der Waals surface area contributed by atoms with E-state index in [-0.39, 0.29) is 0 Å². The van der Waals surface area contributed by atoms with Crippen LogP contribution in [0, 0.1) is 0 Å². The fourth-order valence-electron chi connectivity index (χ4n) is 1.22. The van der Waals surface area contributed by atoms with Gasteiger partial charge in [-0.15, -0.1) is 0 Å². The van der Waals surface area contributed by atoms with Crippen LogP contribution in [-0.2, 0) is 17.7 Å². The predicted molar refractivity (Wildman–Crippen MR) is 46.9 cm³/mol. The summed E-state index contributed by atoms with van der Waals surface area (Å²) < 4.78 is 7.46. The van der Waals surface area contributed by atoms with Crippen molar-refractivity contribution in [1.82, 2.24) is 4.98 Å². The van der Waals surface area contributed by atoms with Gasteiger partial charge in [-0.3, -0.25) is 0 Å². The number of hydrogen-bond donors (Lipinski definition) is 1. The van der Waals surface area contributed by atoms with Crippen LogP contribution in [0.4, 0.5) is 0 Å². The lowest BCUT2D eigenvalue weighted by atomic mass is 10.4. The monoisotopic (exact) mass is 169 g/mol. The third kappa shape index (κ3) is 2.34. The van der Waals surface area contributed by atoms with Crippen molar-refractivity contribution in [3.8, 4) is 0 Å². The molecule has 0 fully saturated rings. The van der Waals surface area contributed by atoms with E-state index >= 15 is 0 Å². The SMILES string of the molecule is CCOCC[n+]1cc[nH]c1CC. The van der Waals surface area contributed by atoms with Crippen molar-refractivity contribution in [2.45, 2.75) is 26.8 Å². The Kier molecular flexibility index (Phi) is 3.80. The Morgan fingerprint density at radius 2 is 2.33 bits per heavy atom. The van der Waals surface area contributed by atoms with Crippen LogP contribution in [-0.4, -0.2) is 18.2 Å². The van der Waals surface area contributed by atoms with Crippen molar-refractivity contribution >= 4 is 0 Å². The number of H-pyrrole nitrogens is 1. The molecule has 0 amide bonds. The van der Waals surface area contributed by atoms with E-state index in [2.05, 4.69) is 22.7 Å². The fourth-order valence-corrected chi connectivity index (χ4v) is 1.22. The summed E-state index contributed by atoms with van der Waals surface area (Å²) in [5.74, 6) is 1.26. The zero-order valence-electron chi connectivity index (χ0n) is 7.84. The molecule has 0 unspecified atom stereocenters. The molecule has 1 aromatic rings. The predicted octanol–water partition coefficient (Wildman–Crippen LogP) is 0.901. The molecule has 0 aliphatic heterocycles. The second kappa shape index (κ2) is 4.93. The summed E-state index contributed by atoms with van der Waals surface area (Å²) in [6.07, 6.45) is 5.06. The Morgan fingerprint density at radius 3 is 3.00 bits per heavy atom. The lowest BCUT2D eigenvalue weighted by Gasteiger charge is -1.99. The third-order valence-corrected chi connectivity index (χ3v) is 1.87. The Morgan fingerprint density at radius 1 is 1.50 bits per heavy atom. The summed E-state index contributed by atoms with van der Waals surface area (Å²) in [7, 11) is 0. The van der Waals surface area contributed by atoms with Crippen LogP contribution in [0.25, 0.3) is 0 Å². The van der Waals surface area contributed by atoms with Gasteiger partial charge < -0.3 is 4.74 Å². The van der Waals surface area contributed by atoms with E-state index in [1.54, 1.807) is 0 Å². The maximum atomic E-state index is 5.27. The van der Waals surface area contributed by atoms with E-state index in [0.29, 0.717) is 0 Å². The first kappa shape index (κ1) is 9.26. The molecule has 3 heteroatoms.